The fourth-order valence-corrected chi connectivity index (χ4v) is 2.66. The number of hydrogen-bond donors (Lipinski definition) is 0. The van der Waals surface area contributed by atoms with Crippen LogP contribution in [-0.4, -0.2) is 23.9 Å². The van der Waals surface area contributed by atoms with E-state index in [-0.39, 0.29) is 0 Å². The van der Waals surface area contributed by atoms with Crippen molar-refractivity contribution in [3.05, 3.63) is 30.1 Å². The van der Waals surface area contributed by atoms with Crippen molar-refractivity contribution >= 4 is 20.5 Å². The molecule has 0 heterocycles. The van der Waals surface area contributed by atoms with Crippen LogP contribution in [-0.2, 0) is 28.3 Å². The highest BCUT2D eigenvalue weighted by Gasteiger charge is 2.24. The summed E-state index contributed by atoms with van der Waals surface area (Å²) in [7, 11) is -8.40. The third-order valence-electron chi connectivity index (χ3n) is 1.48. The maximum atomic E-state index is 12.5. The van der Waals surface area contributed by atoms with Crippen LogP contribution in [0.25, 0.3) is 0 Å². The fraction of sp³-hybridized carbons (Fsp3) is 0.143. The van der Waals surface area contributed by atoms with E-state index < -0.39 is 31.2 Å². The molecule has 0 aromatic heterocycles. The van der Waals surface area contributed by atoms with Gasteiger partial charge in [-0.25, -0.2) is 4.39 Å². The van der Waals surface area contributed by atoms with E-state index in [0.717, 1.165) is 31.4 Å². The van der Waals surface area contributed by atoms with Crippen molar-refractivity contribution in [3.63, 3.8) is 0 Å². The topological polar surface area (TPSA) is 86.7 Å². The van der Waals surface area contributed by atoms with E-state index in [2.05, 4.69) is 7.81 Å². The Morgan fingerprint density at radius 1 is 1.06 bits per heavy atom. The molecule has 0 saturated carbocycles. The van der Waals surface area contributed by atoms with Crippen LogP contribution >= 0.6 is 0 Å². The standard InChI is InChI=1S/C7H7FO6S2/c1-13-16(11,12)14-15(9,10)7-4-2-6(8)3-5-7/h2-5H,1H3. The number of halogens is 1. The van der Waals surface area contributed by atoms with Crippen LogP contribution in [0, 0.1) is 5.82 Å². The summed E-state index contributed by atoms with van der Waals surface area (Å²) < 4.78 is 64.3. The first-order valence-electron chi connectivity index (χ1n) is 3.79. The number of hydrogen-bond acceptors (Lipinski definition) is 6. The van der Waals surface area contributed by atoms with Gasteiger partial charge < -0.3 is 0 Å². The van der Waals surface area contributed by atoms with E-state index in [4.69, 9.17) is 0 Å². The van der Waals surface area contributed by atoms with Crippen LogP contribution < -0.4 is 0 Å². The highest BCUT2D eigenvalue weighted by molar-refractivity contribution is 7.97. The maximum absolute atomic E-state index is 12.5. The first kappa shape index (κ1) is 13.0. The smallest absolute Gasteiger partial charge is 0.251 e. The lowest BCUT2D eigenvalue weighted by Gasteiger charge is -2.03. The average Bonchev–Trinajstić information content (AvgIpc) is 2.17. The summed E-state index contributed by atoms with van der Waals surface area (Å²) in [4.78, 5) is -0.491. The van der Waals surface area contributed by atoms with Crippen molar-refractivity contribution in [2.75, 3.05) is 7.11 Å². The molecular formula is C7H7FO6S2. The van der Waals surface area contributed by atoms with Gasteiger partial charge in [0.15, 0.2) is 0 Å². The van der Waals surface area contributed by atoms with Crippen LogP contribution in [0.5, 0.6) is 0 Å². The molecule has 9 heteroatoms. The molecule has 0 atom stereocenters. The molecular weight excluding hydrogens is 263 g/mol. The molecule has 0 spiro atoms. The molecule has 16 heavy (non-hydrogen) atoms. The molecule has 0 bridgehead atoms. The van der Waals surface area contributed by atoms with Crippen molar-refractivity contribution in [2.45, 2.75) is 4.90 Å². The van der Waals surface area contributed by atoms with Gasteiger partial charge in [0.1, 0.15) is 5.82 Å². The highest BCUT2D eigenvalue weighted by atomic mass is 32.3. The third kappa shape index (κ3) is 3.23. The summed E-state index contributed by atoms with van der Waals surface area (Å²) in [6.45, 7) is 0. The van der Waals surface area contributed by atoms with Gasteiger partial charge in [-0.1, -0.05) is 0 Å². The Hall–Kier alpha value is -1.03. The first-order chi connectivity index (χ1) is 7.27. The predicted octanol–water partition coefficient (Wildman–Crippen LogP) is 0.422. The largest absolute Gasteiger partial charge is 0.414 e. The van der Waals surface area contributed by atoms with E-state index in [1.165, 1.54) is 0 Å². The summed E-state index contributed by atoms with van der Waals surface area (Å²) in [5, 5.41) is 0. The second-order valence-corrected chi connectivity index (χ2v) is 5.62. The van der Waals surface area contributed by atoms with Gasteiger partial charge in [-0.2, -0.15) is 16.8 Å². The third-order valence-corrected chi connectivity index (χ3v) is 4.12. The summed E-state index contributed by atoms with van der Waals surface area (Å²) in [6.07, 6.45) is 0. The zero-order valence-corrected chi connectivity index (χ0v) is 9.59. The molecule has 6 nitrogen and oxygen atoms in total. The fourth-order valence-electron chi connectivity index (χ4n) is 0.778. The van der Waals surface area contributed by atoms with Crippen molar-refractivity contribution in [3.8, 4) is 0 Å². The summed E-state index contributed by atoms with van der Waals surface area (Å²) >= 11 is 0. The molecule has 0 saturated heterocycles. The highest BCUT2D eigenvalue weighted by Crippen LogP contribution is 2.15. The molecule has 0 radical (unpaired) electrons. The minimum Gasteiger partial charge on any atom is -0.251 e. The quantitative estimate of drug-likeness (QED) is 0.788. The van der Waals surface area contributed by atoms with Gasteiger partial charge in [-0.05, 0) is 24.3 Å². The van der Waals surface area contributed by atoms with Crippen molar-refractivity contribution in [2.24, 2.45) is 0 Å². The van der Waals surface area contributed by atoms with Crippen LogP contribution in [0.2, 0.25) is 0 Å². The first-order valence-corrected chi connectivity index (χ1v) is 6.53. The summed E-state index contributed by atoms with van der Waals surface area (Å²) in [5.74, 6) is -0.659. The van der Waals surface area contributed by atoms with E-state index in [0.29, 0.717) is 0 Å². The Balaban J connectivity index is 3.09. The summed E-state index contributed by atoms with van der Waals surface area (Å²) in [5.41, 5.74) is 0. The Bertz CT molecular complexity index is 559. The molecule has 0 N–H and O–H groups in total. The molecule has 1 rings (SSSR count). The van der Waals surface area contributed by atoms with Gasteiger partial charge >= 0.3 is 20.5 Å². The molecule has 0 unspecified atom stereocenters. The van der Waals surface area contributed by atoms with Gasteiger partial charge in [0.05, 0.1) is 12.0 Å². The normalized spacial score (nSPS) is 12.6. The molecule has 0 fully saturated rings. The lowest BCUT2D eigenvalue weighted by Crippen LogP contribution is -2.14. The minimum atomic E-state index is -4.62. The van der Waals surface area contributed by atoms with Gasteiger partial charge in [0, 0.05) is 0 Å². The van der Waals surface area contributed by atoms with E-state index in [9.17, 15) is 21.2 Å². The predicted molar refractivity (Wildman–Crippen MR) is 50.6 cm³/mol. The zero-order valence-electron chi connectivity index (χ0n) is 7.95. The molecule has 0 amide bonds. The van der Waals surface area contributed by atoms with Crippen LogP contribution in [0.3, 0.4) is 0 Å². The van der Waals surface area contributed by atoms with Crippen molar-refractivity contribution in [1.29, 1.82) is 0 Å². The number of rotatable bonds is 4. The number of benzene rings is 1. The molecule has 0 aliphatic rings. The lowest BCUT2D eigenvalue weighted by atomic mass is 10.4. The Labute approximate surface area is 92.1 Å². The van der Waals surface area contributed by atoms with E-state index in [1.807, 2.05) is 0 Å². The SMILES string of the molecule is COS(=O)(=O)OS(=O)(=O)c1ccc(F)cc1. The van der Waals surface area contributed by atoms with Crippen LogP contribution in [0.15, 0.2) is 29.2 Å². The Morgan fingerprint density at radius 2 is 1.56 bits per heavy atom. The van der Waals surface area contributed by atoms with Gasteiger partial charge in [-0.3, -0.25) is 4.18 Å². The molecule has 0 aliphatic heterocycles. The minimum absolute atomic E-state index is 0.491. The molecule has 90 valence electrons. The van der Waals surface area contributed by atoms with Crippen LogP contribution in [0.1, 0.15) is 0 Å². The lowest BCUT2D eigenvalue weighted by molar-refractivity contribution is 0.330. The zero-order chi connectivity index (χ0) is 12.4. The molecule has 0 aliphatic carbocycles. The van der Waals surface area contributed by atoms with Crippen molar-refractivity contribution < 1.29 is 29.0 Å². The molecule has 1 aromatic carbocycles. The maximum Gasteiger partial charge on any atom is 0.414 e. The average molecular weight is 270 g/mol. The van der Waals surface area contributed by atoms with Gasteiger partial charge in [0.25, 0.3) is 0 Å². The van der Waals surface area contributed by atoms with E-state index in [1.54, 1.807) is 0 Å². The van der Waals surface area contributed by atoms with Crippen LogP contribution in [0.4, 0.5) is 4.39 Å². The Morgan fingerprint density at radius 3 is 2.00 bits per heavy atom. The summed E-state index contributed by atoms with van der Waals surface area (Å²) in [6, 6.07) is 3.46. The van der Waals surface area contributed by atoms with E-state index >= 15 is 0 Å². The van der Waals surface area contributed by atoms with Crippen molar-refractivity contribution in [1.82, 2.24) is 0 Å². The second kappa shape index (κ2) is 4.45. The van der Waals surface area contributed by atoms with Gasteiger partial charge in [-0.15, -0.1) is 3.63 Å². The molecule has 1 aromatic rings. The Kier molecular flexibility index (Phi) is 3.63. The second-order valence-electron chi connectivity index (χ2n) is 2.55. The monoisotopic (exact) mass is 270 g/mol. The van der Waals surface area contributed by atoms with Gasteiger partial charge in [0.2, 0.25) is 0 Å².